The van der Waals surface area contributed by atoms with Crippen molar-refractivity contribution in [3.05, 3.63) is 23.9 Å². The number of nitrogens with zero attached hydrogens (tertiary/aromatic N) is 1. The number of carboxylic acid groups (broad SMARTS) is 1. The van der Waals surface area contributed by atoms with E-state index in [-0.39, 0.29) is 5.69 Å². The van der Waals surface area contributed by atoms with Crippen molar-refractivity contribution < 1.29 is 9.90 Å². The van der Waals surface area contributed by atoms with Crippen LogP contribution in [0.1, 0.15) is 10.5 Å². The molecular weight excluding hydrogens is 188 g/mol. The molecule has 0 atom stereocenters. The van der Waals surface area contributed by atoms with Gasteiger partial charge in [-0.1, -0.05) is 12.1 Å². The van der Waals surface area contributed by atoms with Gasteiger partial charge in [0.1, 0.15) is 0 Å². The van der Waals surface area contributed by atoms with Crippen LogP contribution in [0.5, 0.6) is 0 Å². The quantitative estimate of drug-likeness (QED) is 0.675. The van der Waals surface area contributed by atoms with E-state index in [4.69, 9.17) is 10.8 Å². The van der Waals surface area contributed by atoms with Crippen LogP contribution in [-0.2, 0) is 0 Å². The Balaban J connectivity index is 2.83. The fourth-order valence-electron chi connectivity index (χ4n) is 1.14. The second kappa shape index (κ2) is 2.70. The zero-order valence-corrected chi connectivity index (χ0v) is 7.34. The molecule has 66 valence electrons. The molecule has 0 bridgehead atoms. The highest BCUT2D eigenvalue weighted by atomic mass is 32.1. The number of fused-ring (bicyclic) bond motifs is 1. The third kappa shape index (κ3) is 1.13. The van der Waals surface area contributed by atoms with Crippen molar-refractivity contribution in [2.75, 3.05) is 5.73 Å². The molecule has 1 aromatic carbocycles. The normalized spacial score (nSPS) is 10.5. The summed E-state index contributed by atoms with van der Waals surface area (Å²) >= 11 is 1.11. The van der Waals surface area contributed by atoms with Gasteiger partial charge in [0.2, 0.25) is 0 Å². The maximum absolute atomic E-state index is 10.7. The average molecular weight is 194 g/mol. The first kappa shape index (κ1) is 8.00. The maximum atomic E-state index is 10.7. The van der Waals surface area contributed by atoms with Crippen molar-refractivity contribution in [3.8, 4) is 0 Å². The lowest BCUT2D eigenvalue weighted by Crippen LogP contribution is -1.96. The molecule has 2 rings (SSSR count). The topological polar surface area (TPSA) is 76.2 Å². The van der Waals surface area contributed by atoms with E-state index < -0.39 is 5.97 Å². The van der Waals surface area contributed by atoms with Crippen molar-refractivity contribution in [1.29, 1.82) is 0 Å². The molecule has 2 aromatic rings. The second-order valence-corrected chi connectivity index (χ2v) is 3.33. The highest BCUT2D eigenvalue weighted by molar-refractivity contribution is 7.14. The summed E-state index contributed by atoms with van der Waals surface area (Å²) in [6.07, 6.45) is 0. The molecule has 0 amide bonds. The molecule has 0 saturated carbocycles. The minimum atomic E-state index is -1.02. The van der Waals surface area contributed by atoms with E-state index in [1.165, 1.54) is 0 Å². The van der Waals surface area contributed by atoms with Gasteiger partial charge in [0.15, 0.2) is 5.69 Å². The summed E-state index contributed by atoms with van der Waals surface area (Å²) in [7, 11) is 0. The van der Waals surface area contributed by atoms with E-state index in [9.17, 15) is 4.79 Å². The molecule has 0 unspecified atom stereocenters. The first-order chi connectivity index (χ1) is 6.20. The van der Waals surface area contributed by atoms with Crippen LogP contribution in [0.25, 0.3) is 10.1 Å². The third-order valence-electron chi connectivity index (χ3n) is 1.73. The smallest absolute Gasteiger partial charge is 0.356 e. The molecule has 4 nitrogen and oxygen atoms in total. The summed E-state index contributed by atoms with van der Waals surface area (Å²) in [5, 5.41) is 9.37. The minimum absolute atomic E-state index is 0.0762. The summed E-state index contributed by atoms with van der Waals surface area (Å²) in [6.45, 7) is 0. The summed E-state index contributed by atoms with van der Waals surface area (Å²) in [4.78, 5) is 10.7. The number of aromatic carboxylic acids is 1. The molecule has 0 spiro atoms. The SMILES string of the molecule is Nc1cccc2c(C(=O)O)nsc12. The van der Waals surface area contributed by atoms with Gasteiger partial charge in [-0.3, -0.25) is 0 Å². The van der Waals surface area contributed by atoms with Crippen LogP contribution >= 0.6 is 11.5 Å². The minimum Gasteiger partial charge on any atom is -0.476 e. The Hall–Kier alpha value is -1.62. The van der Waals surface area contributed by atoms with Crippen LogP contribution in [0.15, 0.2) is 18.2 Å². The second-order valence-electron chi connectivity index (χ2n) is 2.56. The van der Waals surface area contributed by atoms with Crippen molar-refractivity contribution in [2.45, 2.75) is 0 Å². The number of hydrogen-bond donors (Lipinski definition) is 2. The number of hydrogen-bond acceptors (Lipinski definition) is 4. The van der Waals surface area contributed by atoms with Crippen LogP contribution < -0.4 is 5.73 Å². The van der Waals surface area contributed by atoms with E-state index in [2.05, 4.69) is 4.37 Å². The Morgan fingerprint density at radius 1 is 1.54 bits per heavy atom. The molecule has 0 aliphatic rings. The Bertz CT molecular complexity index is 478. The Kier molecular flexibility index (Phi) is 1.66. The summed E-state index contributed by atoms with van der Waals surface area (Å²) in [6, 6.07) is 5.16. The van der Waals surface area contributed by atoms with E-state index in [0.717, 1.165) is 16.2 Å². The summed E-state index contributed by atoms with van der Waals surface area (Å²) in [5.74, 6) is -1.02. The number of carboxylic acids is 1. The highest BCUT2D eigenvalue weighted by Gasteiger charge is 2.13. The number of benzene rings is 1. The highest BCUT2D eigenvalue weighted by Crippen LogP contribution is 2.27. The Morgan fingerprint density at radius 2 is 2.31 bits per heavy atom. The van der Waals surface area contributed by atoms with Gasteiger partial charge < -0.3 is 10.8 Å². The number of rotatable bonds is 1. The predicted molar refractivity (Wildman–Crippen MR) is 51.0 cm³/mol. The fraction of sp³-hybridized carbons (Fsp3) is 0. The van der Waals surface area contributed by atoms with Gasteiger partial charge in [0.25, 0.3) is 0 Å². The van der Waals surface area contributed by atoms with Crippen LogP contribution in [0.2, 0.25) is 0 Å². The first-order valence-electron chi connectivity index (χ1n) is 3.57. The molecule has 1 aromatic heterocycles. The van der Waals surface area contributed by atoms with Crippen molar-refractivity contribution in [1.82, 2.24) is 4.37 Å². The zero-order valence-electron chi connectivity index (χ0n) is 6.52. The summed E-state index contributed by atoms with van der Waals surface area (Å²) in [5.41, 5.74) is 6.30. The molecular formula is C8H6N2O2S. The Morgan fingerprint density at radius 3 is 3.00 bits per heavy atom. The largest absolute Gasteiger partial charge is 0.476 e. The molecule has 5 heteroatoms. The lowest BCUT2D eigenvalue weighted by Gasteiger charge is -1.93. The number of anilines is 1. The van der Waals surface area contributed by atoms with Crippen LogP contribution in [0.4, 0.5) is 5.69 Å². The molecule has 0 radical (unpaired) electrons. The van der Waals surface area contributed by atoms with Gasteiger partial charge in [-0.15, -0.1) is 0 Å². The number of carbonyl (C=O) groups is 1. The van der Waals surface area contributed by atoms with Crippen LogP contribution in [-0.4, -0.2) is 15.4 Å². The molecule has 1 heterocycles. The average Bonchev–Trinajstić information content (AvgIpc) is 2.48. The van der Waals surface area contributed by atoms with Crippen LogP contribution in [0.3, 0.4) is 0 Å². The Labute approximate surface area is 77.8 Å². The van der Waals surface area contributed by atoms with E-state index in [1.54, 1.807) is 18.2 Å². The predicted octanol–water partition coefficient (Wildman–Crippen LogP) is 1.58. The standard InChI is InChI=1S/C8H6N2O2S/c9-5-3-1-2-4-6(8(11)12)10-13-7(4)5/h1-3H,9H2,(H,11,12). The lowest BCUT2D eigenvalue weighted by atomic mass is 10.2. The van der Waals surface area contributed by atoms with Crippen LogP contribution in [0, 0.1) is 0 Å². The third-order valence-corrected chi connectivity index (χ3v) is 2.64. The molecule has 0 fully saturated rings. The molecule has 0 aliphatic heterocycles. The maximum Gasteiger partial charge on any atom is 0.356 e. The van der Waals surface area contributed by atoms with E-state index in [1.807, 2.05) is 0 Å². The lowest BCUT2D eigenvalue weighted by molar-refractivity contribution is 0.0694. The van der Waals surface area contributed by atoms with E-state index >= 15 is 0 Å². The van der Waals surface area contributed by atoms with Crippen molar-refractivity contribution in [3.63, 3.8) is 0 Å². The van der Waals surface area contributed by atoms with Gasteiger partial charge in [0.05, 0.1) is 10.4 Å². The van der Waals surface area contributed by atoms with Gasteiger partial charge >= 0.3 is 5.97 Å². The summed E-state index contributed by atoms with van der Waals surface area (Å²) < 4.78 is 4.55. The number of nitrogen functional groups attached to an aromatic ring is 1. The molecule has 13 heavy (non-hydrogen) atoms. The molecule has 3 N–H and O–H groups in total. The van der Waals surface area contributed by atoms with Gasteiger partial charge in [-0.05, 0) is 17.6 Å². The van der Waals surface area contributed by atoms with Crippen molar-refractivity contribution in [2.24, 2.45) is 0 Å². The van der Waals surface area contributed by atoms with E-state index in [0.29, 0.717) is 11.1 Å². The molecule has 0 aliphatic carbocycles. The zero-order chi connectivity index (χ0) is 9.42. The van der Waals surface area contributed by atoms with Gasteiger partial charge in [-0.2, -0.15) is 4.37 Å². The number of nitrogens with two attached hydrogens (primary N) is 1. The number of aromatic nitrogens is 1. The van der Waals surface area contributed by atoms with Crippen molar-refractivity contribution >= 4 is 33.3 Å². The molecule has 0 saturated heterocycles. The monoisotopic (exact) mass is 194 g/mol. The fourth-order valence-corrected chi connectivity index (χ4v) is 1.93. The van der Waals surface area contributed by atoms with Gasteiger partial charge in [-0.25, -0.2) is 4.79 Å². The first-order valence-corrected chi connectivity index (χ1v) is 4.34. The van der Waals surface area contributed by atoms with Gasteiger partial charge in [0, 0.05) is 5.39 Å².